The lowest BCUT2D eigenvalue weighted by Gasteiger charge is -2.47. The summed E-state index contributed by atoms with van der Waals surface area (Å²) in [4.78, 5) is 32.6. The maximum absolute atomic E-state index is 12.6. The zero-order valence-corrected chi connectivity index (χ0v) is 15.3. The summed E-state index contributed by atoms with van der Waals surface area (Å²) in [7, 11) is 0. The van der Waals surface area contributed by atoms with Gasteiger partial charge in [0.05, 0.1) is 0 Å². The molecule has 3 heterocycles. The number of rotatable bonds is 4. The monoisotopic (exact) mass is 370 g/mol. The summed E-state index contributed by atoms with van der Waals surface area (Å²) in [6.45, 7) is 3.24. The van der Waals surface area contributed by atoms with E-state index in [9.17, 15) is 9.59 Å². The van der Waals surface area contributed by atoms with Gasteiger partial charge in [0, 0.05) is 36.0 Å². The Balaban J connectivity index is 1.31. The van der Waals surface area contributed by atoms with Crippen molar-refractivity contribution in [1.29, 1.82) is 0 Å². The number of thiazole rings is 1. The van der Waals surface area contributed by atoms with Crippen molar-refractivity contribution in [3.63, 3.8) is 0 Å². The van der Waals surface area contributed by atoms with Gasteiger partial charge in [-0.25, -0.2) is 4.98 Å². The van der Waals surface area contributed by atoms with Gasteiger partial charge in [-0.15, -0.1) is 11.3 Å². The van der Waals surface area contributed by atoms with E-state index in [1.165, 1.54) is 11.3 Å². The quantitative estimate of drug-likeness (QED) is 0.890. The van der Waals surface area contributed by atoms with Gasteiger partial charge < -0.3 is 10.6 Å². The van der Waals surface area contributed by atoms with Crippen molar-refractivity contribution in [2.24, 2.45) is 11.7 Å². The molecule has 7 heteroatoms. The van der Waals surface area contributed by atoms with Crippen LogP contribution in [0.25, 0.3) is 10.6 Å². The number of benzene rings is 1. The molecule has 0 unspecified atom stereocenters. The predicted octanol–water partition coefficient (Wildman–Crippen LogP) is 1.83. The summed E-state index contributed by atoms with van der Waals surface area (Å²) in [5.41, 5.74) is 6.95. The predicted molar refractivity (Wildman–Crippen MR) is 101 cm³/mol. The van der Waals surface area contributed by atoms with Crippen molar-refractivity contribution in [2.45, 2.75) is 18.9 Å². The molecule has 0 aliphatic carbocycles. The van der Waals surface area contributed by atoms with Crippen LogP contribution < -0.4 is 5.73 Å². The van der Waals surface area contributed by atoms with Gasteiger partial charge in [-0.05, 0) is 25.9 Å². The average Bonchev–Trinajstić information content (AvgIpc) is 3.12. The van der Waals surface area contributed by atoms with Crippen molar-refractivity contribution in [3.05, 3.63) is 41.4 Å². The van der Waals surface area contributed by atoms with E-state index in [0.717, 1.165) is 49.6 Å². The average molecular weight is 370 g/mol. The van der Waals surface area contributed by atoms with Crippen LogP contribution in [-0.2, 0) is 4.79 Å². The number of hydrogen-bond acceptors (Lipinski definition) is 5. The number of hydrogen-bond donors (Lipinski definition) is 1. The summed E-state index contributed by atoms with van der Waals surface area (Å²) in [5, 5.41) is 2.72. The molecule has 2 fully saturated rings. The normalized spacial score (nSPS) is 19.3. The number of amides is 2. The van der Waals surface area contributed by atoms with Crippen molar-refractivity contribution in [1.82, 2.24) is 14.8 Å². The maximum Gasteiger partial charge on any atom is 0.273 e. The minimum absolute atomic E-state index is 0.00621. The number of likely N-dealkylation sites (tertiary alicyclic amines) is 2. The highest BCUT2D eigenvalue weighted by molar-refractivity contribution is 7.13. The minimum Gasteiger partial charge on any atom is -0.369 e. The Kier molecular flexibility index (Phi) is 4.74. The molecule has 2 amide bonds. The fourth-order valence-electron chi connectivity index (χ4n) is 3.65. The van der Waals surface area contributed by atoms with E-state index in [2.05, 4.69) is 9.88 Å². The Hall–Kier alpha value is -2.25. The molecule has 136 valence electrons. The number of primary amides is 1. The SMILES string of the molecule is NC(=O)C1CCN(C2CN(C(=O)c3csc(-c4ccccc4)n3)C2)CC1. The van der Waals surface area contributed by atoms with E-state index in [1.807, 2.05) is 40.6 Å². The molecular weight excluding hydrogens is 348 g/mol. The maximum atomic E-state index is 12.6. The smallest absolute Gasteiger partial charge is 0.273 e. The van der Waals surface area contributed by atoms with Crippen LogP contribution in [0.4, 0.5) is 0 Å². The zero-order chi connectivity index (χ0) is 18.1. The van der Waals surface area contributed by atoms with Crippen LogP contribution in [-0.4, -0.2) is 58.8 Å². The van der Waals surface area contributed by atoms with Crippen molar-refractivity contribution < 1.29 is 9.59 Å². The van der Waals surface area contributed by atoms with Gasteiger partial charge in [0.2, 0.25) is 5.91 Å². The second-order valence-corrected chi connectivity index (χ2v) is 7.84. The van der Waals surface area contributed by atoms with Crippen LogP contribution in [0, 0.1) is 5.92 Å². The second-order valence-electron chi connectivity index (χ2n) is 6.98. The van der Waals surface area contributed by atoms with Gasteiger partial charge in [0.1, 0.15) is 10.7 Å². The molecule has 0 atom stereocenters. The van der Waals surface area contributed by atoms with E-state index in [0.29, 0.717) is 11.7 Å². The standard InChI is InChI=1S/C19H22N4O2S/c20-17(24)13-6-8-22(9-7-13)15-10-23(11-15)19(25)16-12-26-18(21-16)14-4-2-1-3-5-14/h1-5,12-13,15H,6-11H2,(H2,20,24). The van der Waals surface area contributed by atoms with Crippen LogP contribution in [0.3, 0.4) is 0 Å². The molecule has 6 nitrogen and oxygen atoms in total. The van der Waals surface area contributed by atoms with Crippen molar-refractivity contribution in [2.75, 3.05) is 26.2 Å². The number of carbonyl (C=O) groups excluding carboxylic acids is 2. The molecule has 2 N–H and O–H groups in total. The Morgan fingerprint density at radius 3 is 2.46 bits per heavy atom. The fourth-order valence-corrected chi connectivity index (χ4v) is 4.45. The third kappa shape index (κ3) is 3.37. The first-order chi connectivity index (χ1) is 12.6. The molecule has 26 heavy (non-hydrogen) atoms. The molecule has 4 rings (SSSR count). The van der Waals surface area contributed by atoms with Gasteiger partial charge >= 0.3 is 0 Å². The highest BCUT2D eigenvalue weighted by Gasteiger charge is 2.37. The molecule has 2 aliphatic heterocycles. The summed E-state index contributed by atoms with van der Waals surface area (Å²) in [5.74, 6) is -0.171. The van der Waals surface area contributed by atoms with Crippen LogP contribution in [0.2, 0.25) is 0 Å². The topological polar surface area (TPSA) is 79.5 Å². The van der Waals surface area contributed by atoms with E-state index >= 15 is 0 Å². The lowest BCUT2D eigenvalue weighted by molar-refractivity contribution is -0.123. The number of nitrogens with two attached hydrogens (primary N) is 1. The molecule has 0 spiro atoms. The Morgan fingerprint density at radius 1 is 1.12 bits per heavy atom. The first kappa shape index (κ1) is 17.2. The molecular formula is C19H22N4O2S. The van der Waals surface area contributed by atoms with Crippen LogP contribution in [0.1, 0.15) is 23.3 Å². The van der Waals surface area contributed by atoms with Gasteiger partial charge in [-0.1, -0.05) is 30.3 Å². The Morgan fingerprint density at radius 2 is 1.81 bits per heavy atom. The first-order valence-electron chi connectivity index (χ1n) is 8.95. The first-order valence-corrected chi connectivity index (χ1v) is 9.83. The second kappa shape index (κ2) is 7.17. The van der Waals surface area contributed by atoms with E-state index in [1.54, 1.807) is 0 Å². The fraction of sp³-hybridized carbons (Fsp3) is 0.421. The summed E-state index contributed by atoms with van der Waals surface area (Å²) < 4.78 is 0. The van der Waals surface area contributed by atoms with Crippen LogP contribution in [0.5, 0.6) is 0 Å². The molecule has 0 saturated carbocycles. The highest BCUT2D eigenvalue weighted by Crippen LogP contribution is 2.27. The van der Waals surface area contributed by atoms with E-state index < -0.39 is 0 Å². The molecule has 0 bridgehead atoms. The number of piperidine rings is 1. The van der Waals surface area contributed by atoms with Gasteiger partial charge in [-0.2, -0.15) is 0 Å². The highest BCUT2D eigenvalue weighted by atomic mass is 32.1. The Bertz CT molecular complexity index is 793. The lowest BCUT2D eigenvalue weighted by Crippen LogP contribution is -2.62. The molecule has 2 saturated heterocycles. The molecule has 0 radical (unpaired) electrons. The largest absolute Gasteiger partial charge is 0.369 e. The number of nitrogens with zero attached hydrogens (tertiary/aromatic N) is 3. The summed E-state index contributed by atoms with van der Waals surface area (Å²) in [6.07, 6.45) is 1.65. The van der Waals surface area contributed by atoms with Crippen LogP contribution >= 0.6 is 11.3 Å². The number of aromatic nitrogens is 1. The molecule has 1 aromatic heterocycles. The number of carbonyl (C=O) groups is 2. The Labute approximate surface area is 156 Å². The molecule has 2 aromatic rings. The summed E-state index contributed by atoms with van der Waals surface area (Å²) >= 11 is 1.50. The van der Waals surface area contributed by atoms with Gasteiger partial charge in [0.25, 0.3) is 5.91 Å². The van der Waals surface area contributed by atoms with E-state index in [4.69, 9.17) is 5.73 Å². The van der Waals surface area contributed by atoms with Crippen molar-refractivity contribution >= 4 is 23.2 Å². The minimum atomic E-state index is -0.187. The summed E-state index contributed by atoms with van der Waals surface area (Å²) in [6, 6.07) is 10.3. The van der Waals surface area contributed by atoms with Gasteiger partial charge in [0.15, 0.2) is 0 Å². The zero-order valence-electron chi connectivity index (χ0n) is 14.5. The lowest BCUT2D eigenvalue weighted by atomic mass is 9.93. The molecule has 1 aromatic carbocycles. The third-order valence-electron chi connectivity index (χ3n) is 5.34. The molecule has 2 aliphatic rings. The third-order valence-corrected chi connectivity index (χ3v) is 6.23. The van der Waals surface area contributed by atoms with Gasteiger partial charge in [-0.3, -0.25) is 14.5 Å². The van der Waals surface area contributed by atoms with Crippen LogP contribution in [0.15, 0.2) is 35.7 Å². The van der Waals surface area contributed by atoms with Crippen molar-refractivity contribution in [3.8, 4) is 10.6 Å². The van der Waals surface area contributed by atoms with E-state index in [-0.39, 0.29) is 17.7 Å².